The van der Waals surface area contributed by atoms with E-state index in [1.165, 1.54) is 4.57 Å². The number of hydrogen-bond acceptors (Lipinski definition) is 5. The molecule has 0 atom stereocenters. The number of nitriles is 1. The maximum absolute atomic E-state index is 13.6. The summed E-state index contributed by atoms with van der Waals surface area (Å²) in [4.78, 5) is 35.2. The Morgan fingerprint density at radius 2 is 1.81 bits per heavy atom. The van der Waals surface area contributed by atoms with Crippen LogP contribution in [0.2, 0.25) is 0 Å². The molecule has 0 spiro atoms. The molecule has 0 saturated carbocycles. The molecule has 178 valence electrons. The van der Waals surface area contributed by atoms with Crippen LogP contribution in [0.3, 0.4) is 0 Å². The average Bonchev–Trinajstić information content (AvgIpc) is 2.96. The molecule has 0 aliphatic heterocycles. The third-order valence-electron chi connectivity index (χ3n) is 5.81. The highest BCUT2D eigenvalue weighted by Crippen LogP contribution is 2.17. The Morgan fingerprint density at radius 1 is 0.973 bits per heavy atom. The molecule has 0 saturated heterocycles. The van der Waals surface area contributed by atoms with Gasteiger partial charge in [0.15, 0.2) is 0 Å². The molecule has 5 aromatic rings. The molecule has 0 unspecified atom stereocenters. The van der Waals surface area contributed by atoms with E-state index in [1.54, 1.807) is 73.1 Å². The molecule has 1 amide bonds. The van der Waals surface area contributed by atoms with E-state index in [9.17, 15) is 9.59 Å². The highest BCUT2D eigenvalue weighted by atomic mass is 16.1. The van der Waals surface area contributed by atoms with E-state index in [4.69, 9.17) is 10.2 Å². The fourth-order valence-corrected chi connectivity index (χ4v) is 3.92. The highest BCUT2D eigenvalue weighted by molar-refractivity contribution is 5.94. The van der Waals surface area contributed by atoms with Gasteiger partial charge in [0.05, 0.1) is 28.2 Å². The normalized spacial score (nSPS) is 10.9. The van der Waals surface area contributed by atoms with Gasteiger partial charge in [-0.3, -0.25) is 19.1 Å². The van der Waals surface area contributed by atoms with Gasteiger partial charge >= 0.3 is 0 Å². The lowest BCUT2D eigenvalue weighted by Gasteiger charge is -2.13. The zero-order valence-electron chi connectivity index (χ0n) is 19.7. The van der Waals surface area contributed by atoms with Gasteiger partial charge < -0.3 is 5.32 Å². The predicted octanol–water partition coefficient (Wildman–Crippen LogP) is 4.75. The minimum absolute atomic E-state index is 0.238. The minimum Gasteiger partial charge on any atom is -0.348 e. The zero-order valence-corrected chi connectivity index (χ0v) is 19.7. The minimum atomic E-state index is -0.262. The van der Waals surface area contributed by atoms with Gasteiger partial charge in [0.2, 0.25) is 0 Å². The first kappa shape index (κ1) is 23.4. The van der Waals surface area contributed by atoms with Crippen molar-refractivity contribution in [1.29, 1.82) is 5.26 Å². The first-order valence-electron chi connectivity index (χ1n) is 11.6. The first-order chi connectivity index (χ1) is 18.1. The van der Waals surface area contributed by atoms with Crippen molar-refractivity contribution in [1.82, 2.24) is 19.9 Å². The number of fused-ring (bicyclic) bond motifs is 1. The Bertz CT molecular complexity index is 1720. The van der Waals surface area contributed by atoms with Gasteiger partial charge in [-0.2, -0.15) is 5.26 Å². The lowest BCUT2D eigenvalue weighted by molar-refractivity contribution is 0.0951. The summed E-state index contributed by atoms with van der Waals surface area (Å²) in [5.41, 5.74) is 3.59. The van der Waals surface area contributed by atoms with Crippen molar-refractivity contribution in [2.45, 2.75) is 6.54 Å². The van der Waals surface area contributed by atoms with Gasteiger partial charge in [-0.05, 0) is 65.7 Å². The van der Waals surface area contributed by atoms with E-state index in [0.717, 1.165) is 11.1 Å². The molecule has 3 aromatic carbocycles. The number of carbonyl (C=O) groups is 1. The number of hydrogen-bond donors (Lipinski definition) is 1. The van der Waals surface area contributed by atoms with Crippen molar-refractivity contribution in [3.63, 3.8) is 0 Å². The molecule has 37 heavy (non-hydrogen) atoms. The predicted molar refractivity (Wildman–Crippen MR) is 143 cm³/mol. The quantitative estimate of drug-likeness (QED) is 0.376. The smallest absolute Gasteiger partial charge is 0.266 e. The van der Waals surface area contributed by atoms with E-state index in [-0.39, 0.29) is 11.5 Å². The van der Waals surface area contributed by atoms with Crippen LogP contribution in [0, 0.1) is 11.3 Å². The van der Waals surface area contributed by atoms with Crippen LogP contribution in [0.5, 0.6) is 0 Å². The summed E-state index contributed by atoms with van der Waals surface area (Å²) in [6.07, 6.45) is 6.96. The molecule has 2 heterocycles. The van der Waals surface area contributed by atoms with E-state index >= 15 is 0 Å². The molecule has 0 aliphatic carbocycles. The molecule has 0 aliphatic rings. The lowest BCUT2D eigenvalue weighted by Crippen LogP contribution is -2.25. The number of benzene rings is 3. The van der Waals surface area contributed by atoms with Crippen molar-refractivity contribution < 1.29 is 4.79 Å². The Hall–Kier alpha value is -5.35. The van der Waals surface area contributed by atoms with Gasteiger partial charge in [0.25, 0.3) is 11.5 Å². The van der Waals surface area contributed by atoms with Crippen LogP contribution in [-0.4, -0.2) is 20.4 Å². The van der Waals surface area contributed by atoms with Gasteiger partial charge in [-0.1, -0.05) is 42.5 Å². The molecular formula is C30H21N5O2. The Balaban J connectivity index is 1.53. The lowest BCUT2D eigenvalue weighted by atomic mass is 10.1. The van der Waals surface area contributed by atoms with E-state index in [2.05, 4.69) is 16.4 Å². The molecular weight excluding hydrogens is 462 g/mol. The second-order valence-electron chi connectivity index (χ2n) is 8.29. The molecule has 7 nitrogen and oxygen atoms in total. The number of amides is 1. The first-order valence-corrected chi connectivity index (χ1v) is 11.6. The summed E-state index contributed by atoms with van der Waals surface area (Å²) in [6, 6.07) is 27.0. The van der Waals surface area contributed by atoms with Crippen LogP contribution in [0.25, 0.3) is 28.7 Å². The molecule has 0 bridgehead atoms. The molecule has 0 radical (unpaired) electrons. The monoisotopic (exact) mass is 483 g/mol. The maximum Gasteiger partial charge on any atom is 0.266 e. The number of carbonyl (C=O) groups excluding carboxylic acids is 1. The molecule has 2 aromatic heterocycles. The third kappa shape index (κ3) is 5.19. The van der Waals surface area contributed by atoms with Crippen LogP contribution < -0.4 is 10.9 Å². The number of nitrogens with one attached hydrogen (secondary N) is 1. The second kappa shape index (κ2) is 10.5. The Morgan fingerprint density at radius 3 is 2.59 bits per heavy atom. The zero-order chi connectivity index (χ0) is 25.6. The maximum atomic E-state index is 13.6. The number of nitrogens with zero attached hydrogens (tertiary/aromatic N) is 4. The number of para-hydroxylation sites is 1. The van der Waals surface area contributed by atoms with E-state index in [0.29, 0.717) is 40.1 Å². The SMILES string of the molecule is N#Cc1ccc(/C=C/c2nc3ccccc3c(=O)n2-c2cccc(C(=O)NCc3cccnc3)c2)cc1. The van der Waals surface area contributed by atoms with Crippen LogP contribution in [0.15, 0.2) is 102 Å². The third-order valence-corrected chi connectivity index (χ3v) is 5.81. The van der Waals surface area contributed by atoms with Gasteiger partial charge in [-0.15, -0.1) is 0 Å². The number of pyridine rings is 1. The summed E-state index contributed by atoms with van der Waals surface area (Å²) < 4.78 is 1.50. The van der Waals surface area contributed by atoms with Crippen molar-refractivity contribution >= 4 is 29.0 Å². The van der Waals surface area contributed by atoms with E-state index < -0.39 is 0 Å². The average molecular weight is 484 g/mol. The van der Waals surface area contributed by atoms with Crippen LogP contribution in [0.1, 0.15) is 32.9 Å². The Labute approximate surface area is 213 Å². The number of rotatable bonds is 6. The summed E-state index contributed by atoms with van der Waals surface area (Å²) in [5.74, 6) is 0.156. The fourth-order valence-electron chi connectivity index (χ4n) is 3.92. The van der Waals surface area contributed by atoms with Crippen molar-refractivity contribution in [3.8, 4) is 11.8 Å². The van der Waals surface area contributed by atoms with Gasteiger partial charge in [-0.25, -0.2) is 4.98 Å². The van der Waals surface area contributed by atoms with Crippen LogP contribution in [-0.2, 0) is 6.54 Å². The molecule has 0 fully saturated rings. The standard InChI is InChI=1S/C30H21N5O2/c31-18-22-12-10-21(11-13-22)14-15-28-34-27-9-2-1-8-26(27)30(37)35(28)25-7-3-6-24(17-25)29(36)33-20-23-5-4-16-32-19-23/h1-17,19H,20H2,(H,33,36)/b15-14+. The van der Waals surface area contributed by atoms with Crippen molar-refractivity contribution in [2.24, 2.45) is 0 Å². The summed E-state index contributed by atoms with van der Waals surface area (Å²) in [7, 11) is 0. The van der Waals surface area contributed by atoms with Crippen LogP contribution in [0.4, 0.5) is 0 Å². The highest BCUT2D eigenvalue weighted by Gasteiger charge is 2.13. The van der Waals surface area contributed by atoms with Gasteiger partial charge in [0, 0.05) is 24.5 Å². The summed E-state index contributed by atoms with van der Waals surface area (Å²) in [6.45, 7) is 0.340. The summed E-state index contributed by atoms with van der Waals surface area (Å²) in [5, 5.41) is 12.4. The molecule has 1 N–H and O–H groups in total. The van der Waals surface area contributed by atoms with Gasteiger partial charge in [0.1, 0.15) is 5.82 Å². The summed E-state index contributed by atoms with van der Waals surface area (Å²) >= 11 is 0. The number of aromatic nitrogens is 3. The molecule has 7 heteroatoms. The largest absolute Gasteiger partial charge is 0.348 e. The Kier molecular flexibility index (Phi) is 6.64. The van der Waals surface area contributed by atoms with Crippen molar-refractivity contribution in [3.05, 3.63) is 136 Å². The van der Waals surface area contributed by atoms with E-state index in [1.807, 2.05) is 36.4 Å². The fraction of sp³-hybridized carbons (Fsp3) is 0.0333. The second-order valence-corrected chi connectivity index (χ2v) is 8.29. The topological polar surface area (TPSA) is 101 Å². The van der Waals surface area contributed by atoms with Crippen LogP contribution >= 0.6 is 0 Å². The van der Waals surface area contributed by atoms with Crippen molar-refractivity contribution in [2.75, 3.05) is 0 Å². The molecule has 5 rings (SSSR count).